The molecule has 0 bridgehead atoms. The topological polar surface area (TPSA) is 55.6 Å². The van der Waals surface area contributed by atoms with Gasteiger partial charge in [-0.25, -0.2) is 0 Å². The molecule has 0 unspecified atom stereocenters. The lowest BCUT2D eigenvalue weighted by Gasteiger charge is -2.39. The van der Waals surface area contributed by atoms with Gasteiger partial charge in [-0.1, -0.05) is 13.3 Å². The number of likely N-dealkylation sites (tertiary alicyclic amines) is 1. The molecule has 0 saturated carbocycles. The molecular formula is C13H25ClN2O2. The normalized spacial score (nSPS) is 24.4. The van der Waals surface area contributed by atoms with Crippen LogP contribution in [0.2, 0.25) is 0 Å². The Labute approximate surface area is 116 Å². The van der Waals surface area contributed by atoms with E-state index in [2.05, 4.69) is 6.92 Å². The number of hydrogen-bond acceptors (Lipinski definition) is 3. The lowest BCUT2D eigenvalue weighted by atomic mass is 9.87. The monoisotopic (exact) mass is 276 g/mol. The third kappa shape index (κ3) is 3.37. The zero-order valence-electron chi connectivity index (χ0n) is 11.2. The van der Waals surface area contributed by atoms with Crippen LogP contribution in [0.25, 0.3) is 0 Å². The number of amides is 1. The van der Waals surface area contributed by atoms with E-state index in [4.69, 9.17) is 10.5 Å². The van der Waals surface area contributed by atoms with E-state index in [1.807, 2.05) is 4.90 Å². The average molecular weight is 277 g/mol. The number of carbonyl (C=O) groups is 1. The van der Waals surface area contributed by atoms with Gasteiger partial charge in [0.1, 0.15) is 0 Å². The molecule has 5 heteroatoms. The van der Waals surface area contributed by atoms with Crippen LogP contribution in [0.5, 0.6) is 0 Å². The first kappa shape index (κ1) is 15.7. The zero-order valence-corrected chi connectivity index (χ0v) is 12.0. The van der Waals surface area contributed by atoms with Crippen LogP contribution in [-0.2, 0) is 9.53 Å². The zero-order chi connectivity index (χ0) is 12.3. The van der Waals surface area contributed by atoms with E-state index >= 15 is 0 Å². The maximum atomic E-state index is 12.4. The van der Waals surface area contributed by atoms with Crippen LogP contribution in [0, 0.1) is 5.92 Å². The number of ether oxygens (including phenoxy) is 1. The van der Waals surface area contributed by atoms with E-state index in [9.17, 15) is 4.79 Å². The summed E-state index contributed by atoms with van der Waals surface area (Å²) in [5.41, 5.74) is 5.57. The summed E-state index contributed by atoms with van der Waals surface area (Å²) < 4.78 is 5.29. The van der Waals surface area contributed by atoms with Gasteiger partial charge in [-0.2, -0.15) is 0 Å². The summed E-state index contributed by atoms with van der Waals surface area (Å²) in [4.78, 5) is 14.4. The number of rotatable bonds is 2. The van der Waals surface area contributed by atoms with Crippen molar-refractivity contribution in [1.29, 1.82) is 0 Å². The van der Waals surface area contributed by atoms with Crippen molar-refractivity contribution in [2.45, 2.75) is 44.6 Å². The maximum absolute atomic E-state index is 12.4. The van der Waals surface area contributed by atoms with Crippen molar-refractivity contribution in [2.75, 3.05) is 26.3 Å². The van der Waals surface area contributed by atoms with Crippen LogP contribution >= 0.6 is 12.4 Å². The molecule has 0 spiro atoms. The first-order valence-corrected chi connectivity index (χ1v) is 6.82. The fourth-order valence-corrected chi connectivity index (χ4v) is 2.81. The van der Waals surface area contributed by atoms with Crippen LogP contribution in [0.3, 0.4) is 0 Å². The highest BCUT2D eigenvalue weighted by atomic mass is 35.5. The minimum Gasteiger partial charge on any atom is -0.381 e. The van der Waals surface area contributed by atoms with E-state index in [1.54, 1.807) is 0 Å². The van der Waals surface area contributed by atoms with Gasteiger partial charge in [-0.05, 0) is 31.6 Å². The van der Waals surface area contributed by atoms with Gasteiger partial charge < -0.3 is 15.4 Å². The lowest BCUT2D eigenvalue weighted by molar-refractivity contribution is -0.142. The number of carbonyl (C=O) groups excluding carboxylic acids is 1. The van der Waals surface area contributed by atoms with Crippen molar-refractivity contribution >= 4 is 18.3 Å². The van der Waals surface area contributed by atoms with Crippen LogP contribution < -0.4 is 5.73 Å². The highest BCUT2D eigenvalue weighted by molar-refractivity contribution is 5.86. The molecule has 0 atom stereocenters. The van der Waals surface area contributed by atoms with Crippen molar-refractivity contribution in [2.24, 2.45) is 11.7 Å². The first-order chi connectivity index (χ1) is 8.15. The predicted molar refractivity (Wildman–Crippen MR) is 73.8 cm³/mol. The van der Waals surface area contributed by atoms with E-state index in [0.29, 0.717) is 26.1 Å². The lowest BCUT2D eigenvalue weighted by Crippen LogP contribution is -2.59. The third-order valence-electron chi connectivity index (χ3n) is 4.29. The number of piperidine rings is 1. The van der Waals surface area contributed by atoms with Crippen LogP contribution in [0.4, 0.5) is 0 Å². The molecule has 18 heavy (non-hydrogen) atoms. The molecule has 0 aromatic rings. The molecule has 4 nitrogen and oxygen atoms in total. The molecule has 2 rings (SSSR count). The predicted octanol–water partition coefficient (Wildman–Crippen LogP) is 1.56. The Morgan fingerprint density at radius 2 is 1.89 bits per heavy atom. The van der Waals surface area contributed by atoms with Crippen LogP contribution in [-0.4, -0.2) is 42.6 Å². The molecule has 106 valence electrons. The van der Waals surface area contributed by atoms with Crippen molar-refractivity contribution in [3.63, 3.8) is 0 Å². The molecule has 2 N–H and O–H groups in total. The first-order valence-electron chi connectivity index (χ1n) is 6.82. The Bertz CT molecular complexity index is 272. The van der Waals surface area contributed by atoms with Gasteiger partial charge >= 0.3 is 0 Å². The molecule has 2 aliphatic heterocycles. The number of halogens is 1. The molecule has 1 amide bonds. The quantitative estimate of drug-likeness (QED) is 0.833. The van der Waals surface area contributed by atoms with Gasteiger partial charge in [0.05, 0.1) is 5.54 Å². The third-order valence-corrected chi connectivity index (χ3v) is 4.29. The SMILES string of the molecule is CCC1CCN(C(=O)C2(N)CCOCC2)CC1.Cl. The van der Waals surface area contributed by atoms with Crippen molar-refractivity contribution < 1.29 is 9.53 Å². The number of nitrogens with two attached hydrogens (primary N) is 1. The van der Waals surface area contributed by atoms with E-state index in [1.165, 1.54) is 6.42 Å². The smallest absolute Gasteiger partial charge is 0.242 e. The summed E-state index contributed by atoms with van der Waals surface area (Å²) in [6.07, 6.45) is 4.83. The molecule has 0 aliphatic carbocycles. The fraction of sp³-hybridized carbons (Fsp3) is 0.923. The van der Waals surface area contributed by atoms with E-state index < -0.39 is 5.54 Å². The minimum absolute atomic E-state index is 0. The second-order valence-electron chi connectivity index (χ2n) is 5.41. The second-order valence-corrected chi connectivity index (χ2v) is 5.41. The van der Waals surface area contributed by atoms with E-state index in [-0.39, 0.29) is 18.3 Å². The van der Waals surface area contributed by atoms with Crippen molar-refractivity contribution in [3.05, 3.63) is 0 Å². The average Bonchev–Trinajstić information content (AvgIpc) is 2.39. The van der Waals surface area contributed by atoms with Gasteiger partial charge in [0.2, 0.25) is 5.91 Å². The summed E-state index contributed by atoms with van der Waals surface area (Å²) in [5, 5.41) is 0. The van der Waals surface area contributed by atoms with Crippen LogP contribution in [0.1, 0.15) is 39.0 Å². The van der Waals surface area contributed by atoms with Crippen molar-refractivity contribution in [3.8, 4) is 0 Å². The van der Waals surface area contributed by atoms with Gasteiger partial charge in [0, 0.05) is 26.3 Å². The standard InChI is InChI=1S/C13H24N2O2.ClH/c1-2-11-3-7-15(8-4-11)12(16)13(14)5-9-17-10-6-13;/h11H,2-10,14H2,1H3;1H. The molecule has 2 fully saturated rings. The highest BCUT2D eigenvalue weighted by Crippen LogP contribution is 2.25. The summed E-state index contributed by atoms with van der Waals surface area (Å²) >= 11 is 0. The Hall–Kier alpha value is -0.320. The molecule has 2 aliphatic rings. The minimum atomic E-state index is -0.655. The number of nitrogens with zero attached hydrogens (tertiary/aromatic N) is 1. The summed E-state index contributed by atoms with van der Waals surface area (Å²) in [6.45, 7) is 5.24. The Morgan fingerprint density at radius 3 is 2.39 bits per heavy atom. The molecule has 2 saturated heterocycles. The van der Waals surface area contributed by atoms with E-state index in [0.717, 1.165) is 31.8 Å². The molecule has 0 aromatic heterocycles. The summed E-state index contributed by atoms with van der Waals surface area (Å²) in [6, 6.07) is 0. The largest absolute Gasteiger partial charge is 0.381 e. The Morgan fingerprint density at radius 1 is 1.33 bits per heavy atom. The Kier molecular flexibility index (Phi) is 5.89. The number of hydrogen-bond donors (Lipinski definition) is 1. The summed E-state index contributed by atoms with van der Waals surface area (Å²) in [5.74, 6) is 0.942. The van der Waals surface area contributed by atoms with Crippen molar-refractivity contribution in [1.82, 2.24) is 4.90 Å². The molecule has 0 radical (unpaired) electrons. The van der Waals surface area contributed by atoms with Gasteiger partial charge in [0.25, 0.3) is 0 Å². The second kappa shape index (κ2) is 6.73. The Balaban J connectivity index is 0.00000162. The highest BCUT2D eigenvalue weighted by Gasteiger charge is 2.39. The van der Waals surface area contributed by atoms with Crippen LogP contribution in [0.15, 0.2) is 0 Å². The fourth-order valence-electron chi connectivity index (χ4n) is 2.81. The molecule has 2 heterocycles. The van der Waals surface area contributed by atoms with Gasteiger partial charge in [0.15, 0.2) is 0 Å². The molecule has 0 aromatic carbocycles. The molecular weight excluding hydrogens is 252 g/mol. The summed E-state index contributed by atoms with van der Waals surface area (Å²) in [7, 11) is 0. The maximum Gasteiger partial charge on any atom is 0.242 e. The van der Waals surface area contributed by atoms with Gasteiger partial charge in [-0.15, -0.1) is 12.4 Å². The van der Waals surface area contributed by atoms with Gasteiger partial charge in [-0.3, -0.25) is 4.79 Å².